The van der Waals surface area contributed by atoms with Crippen molar-refractivity contribution in [1.29, 1.82) is 0 Å². The molecule has 3 aromatic heterocycles. The number of piperidine rings is 1. The molecule has 6 heteroatoms. The zero-order valence-corrected chi connectivity index (χ0v) is 22.8. The third kappa shape index (κ3) is 4.43. The molecule has 6 nitrogen and oxygen atoms in total. The summed E-state index contributed by atoms with van der Waals surface area (Å²) in [6, 6.07) is 4.39. The monoisotopic (exact) mass is 508 g/mol. The Bertz CT molecular complexity index is 1360. The molecule has 3 fully saturated rings. The van der Waals surface area contributed by atoms with Crippen molar-refractivity contribution in [1.82, 2.24) is 24.2 Å². The van der Waals surface area contributed by atoms with Crippen molar-refractivity contribution in [3.63, 3.8) is 0 Å². The van der Waals surface area contributed by atoms with E-state index in [1.54, 1.807) is 0 Å². The van der Waals surface area contributed by atoms with Crippen LogP contribution in [0.2, 0.25) is 0 Å². The zero-order valence-electron chi connectivity index (χ0n) is 22.8. The average Bonchev–Trinajstić information content (AvgIpc) is 3.32. The molecule has 7 rings (SSSR count). The molecule has 0 N–H and O–H groups in total. The highest BCUT2D eigenvalue weighted by molar-refractivity contribution is 5.83. The van der Waals surface area contributed by atoms with E-state index in [-0.39, 0.29) is 0 Å². The van der Waals surface area contributed by atoms with E-state index >= 15 is 0 Å². The molecule has 0 radical (unpaired) electrons. The van der Waals surface area contributed by atoms with Gasteiger partial charge in [-0.15, -0.1) is 0 Å². The summed E-state index contributed by atoms with van der Waals surface area (Å²) in [4.78, 5) is 16.9. The number of fused-ring (bicyclic) bond motifs is 2. The molecule has 0 unspecified atom stereocenters. The van der Waals surface area contributed by atoms with E-state index < -0.39 is 0 Å². The lowest BCUT2D eigenvalue weighted by molar-refractivity contribution is 0.139. The number of likely N-dealkylation sites (tertiary alicyclic amines) is 1. The van der Waals surface area contributed by atoms with Crippen LogP contribution in [0.25, 0.3) is 17.4 Å². The Morgan fingerprint density at radius 1 is 1.00 bits per heavy atom. The van der Waals surface area contributed by atoms with Gasteiger partial charge in [0.15, 0.2) is 0 Å². The number of rotatable bonds is 5. The molecule has 1 aliphatic carbocycles. The number of aromatic nitrogens is 3. The fourth-order valence-corrected chi connectivity index (χ4v) is 7.14. The van der Waals surface area contributed by atoms with Gasteiger partial charge in [-0.2, -0.15) is 0 Å². The summed E-state index contributed by atoms with van der Waals surface area (Å²) in [5.74, 6) is 0.863. The molecule has 4 aliphatic rings. The van der Waals surface area contributed by atoms with Gasteiger partial charge in [0.1, 0.15) is 5.65 Å². The lowest BCUT2D eigenvalue weighted by Crippen LogP contribution is -2.57. The predicted octanol–water partition coefficient (Wildman–Crippen LogP) is 6.19. The van der Waals surface area contributed by atoms with Crippen LogP contribution in [-0.4, -0.2) is 50.3 Å². The maximum absolute atomic E-state index is 4.92. The van der Waals surface area contributed by atoms with Crippen LogP contribution in [0.4, 0.5) is 5.69 Å². The Balaban J connectivity index is 1.04. The predicted molar refractivity (Wildman–Crippen MR) is 154 cm³/mol. The first-order valence-corrected chi connectivity index (χ1v) is 14.6. The van der Waals surface area contributed by atoms with Gasteiger partial charge in [-0.05, 0) is 62.4 Å². The van der Waals surface area contributed by atoms with Crippen molar-refractivity contribution in [3.8, 4) is 0 Å². The third-order valence-corrected chi connectivity index (χ3v) is 9.53. The molecule has 3 aromatic rings. The van der Waals surface area contributed by atoms with Gasteiger partial charge in [-0.3, -0.25) is 9.88 Å². The maximum Gasteiger partial charge on any atom is 0.137 e. The molecular formula is C32H40N6. The highest BCUT2D eigenvalue weighted by atomic mass is 15.2. The minimum Gasteiger partial charge on any atom is -0.369 e. The van der Waals surface area contributed by atoms with Gasteiger partial charge in [0, 0.05) is 66.7 Å². The van der Waals surface area contributed by atoms with Crippen LogP contribution in [-0.2, 0) is 13.1 Å². The summed E-state index contributed by atoms with van der Waals surface area (Å²) in [5.41, 5.74) is 8.62. The van der Waals surface area contributed by atoms with Crippen LogP contribution in [0.1, 0.15) is 74.3 Å². The van der Waals surface area contributed by atoms with Crippen LogP contribution >= 0.6 is 0 Å². The quantitative estimate of drug-likeness (QED) is 0.411. The summed E-state index contributed by atoms with van der Waals surface area (Å²) in [7, 11) is 0. The van der Waals surface area contributed by atoms with E-state index in [1.807, 2.05) is 12.4 Å². The van der Waals surface area contributed by atoms with Crippen molar-refractivity contribution in [2.24, 2.45) is 11.3 Å². The van der Waals surface area contributed by atoms with E-state index in [4.69, 9.17) is 4.98 Å². The average molecular weight is 509 g/mol. The number of nitrogens with zero attached hydrogens (tertiary/aromatic N) is 6. The van der Waals surface area contributed by atoms with E-state index in [9.17, 15) is 0 Å². The second kappa shape index (κ2) is 9.57. The summed E-state index contributed by atoms with van der Waals surface area (Å²) in [5, 5.41) is 0. The summed E-state index contributed by atoms with van der Waals surface area (Å²) >= 11 is 0. The zero-order chi connectivity index (χ0) is 25.7. The second-order valence-electron chi connectivity index (χ2n) is 12.4. The Labute approximate surface area is 226 Å². The fraction of sp³-hybridized carbons (Fsp3) is 0.500. The van der Waals surface area contributed by atoms with Crippen LogP contribution in [0, 0.1) is 11.3 Å². The Morgan fingerprint density at radius 3 is 2.63 bits per heavy atom. The Morgan fingerprint density at radius 2 is 1.82 bits per heavy atom. The number of hydrogen-bond donors (Lipinski definition) is 0. The van der Waals surface area contributed by atoms with Crippen molar-refractivity contribution < 1.29 is 0 Å². The third-order valence-electron chi connectivity index (χ3n) is 9.53. The first kappa shape index (κ1) is 24.0. The van der Waals surface area contributed by atoms with Gasteiger partial charge in [0.05, 0.1) is 24.1 Å². The van der Waals surface area contributed by atoms with Gasteiger partial charge >= 0.3 is 0 Å². The van der Waals surface area contributed by atoms with Crippen LogP contribution in [0.15, 0.2) is 49.7 Å². The minimum atomic E-state index is 0.553. The molecule has 0 amide bonds. The topological polar surface area (TPSA) is 39.9 Å². The number of hydrogen-bond acceptors (Lipinski definition) is 5. The molecule has 0 aromatic carbocycles. The van der Waals surface area contributed by atoms with Gasteiger partial charge in [0.25, 0.3) is 0 Å². The molecule has 1 spiro atoms. The Kier molecular flexibility index (Phi) is 6.03. The van der Waals surface area contributed by atoms with Gasteiger partial charge in [-0.1, -0.05) is 38.8 Å². The van der Waals surface area contributed by atoms with E-state index in [0.717, 1.165) is 35.1 Å². The molecule has 198 valence electrons. The Hall–Kier alpha value is -3.12. The number of pyridine rings is 2. The van der Waals surface area contributed by atoms with Crippen molar-refractivity contribution >= 4 is 23.1 Å². The van der Waals surface area contributed by atoms with Crippen LogP contribution in [0.5, 0.6) is 0 Å². The lowest BCUT2D eigenvalue weighted by atomic mass is 9.68. The molecule has 3 aliphatic heterocycles. The van der Waals surface area contributed by atoms with Crippen LogP contribution in [0.3, 0.4) is 0 Å². The highest BCUT2D eigenvalue weighted by Gasteiger charge is 2.44. The normalized spacial score (nSPS) is 21.8. The minimum absolute atomic E-state index is 0.553. The summed E-state index contributed by atoms with van der Waals surface area (Å²) < 4.78 is 2.19. The molecule has 6 heterocycles. The standard InChI is InChI=1S/C32H40N6/c1-24-8-13-35(14-9-24)18-26-6-7-31-34-27(21-37(31)19-26)20-36-15-10-28-29(25(36)2)16-33-17-30(28)38-22-32(23-38)11-4-3-5-12-32/h6-7,10,15-17,19,21,24H,2-5,8-9,11-14,18,20,22-23H2,1H3. The first-order chi connectivity index (χ1) is 18.6. The summed E-state index contributed by atoms with van der Waals surface area (Å²) in [6.45, 7) is 13.3. The van der Waals surface area contributed by atoms with Crippen LogP contribution < -0.4 is 4.90 Å². The molecule has 0 bridgehead atoms. The van der Waals surface area contributed by atoms with Gasteiger partial charge in [0.2, 0.25) is 0 Å². The highest BCUT2D eigenvalue weighted by Crippen LogP contribution is 2.47. The number of anilines is 1. The number of imidazole rings is 1. The van der Waals surface area contributed by atoms with Gasteiger partial charge < -0.3 is 14.2 Å². The molecule has 2 saturated heterocycles. The largest absolute Gasteiger partial charge is 0.369 e. The van der Waals surface area contributed by atoms with Crippen molar-refractivity contribution in [3.05, 3.63) is 72.1 Å². The lowest BCUT2D eigenvalue weighted by Gasteiger charge is -2.54. The summed E-state index contributed by atoms with van der Waals surface area (Å²) in [6.07, 6.45) is 22.5. The molecule has 38 heavy (non-hydrogen) atoms. The SMILES string of the molecule is C=C1c2cncc(N3CC4(CCCCC4)C3)c2C=CN1Cc1cn2cc(CN3CCC(C)CC3)ccc2n1. The van der Waals surface area contributed by atoms with E-state index in [0.29, 0.717) is 12.0 Å². The fourth-order valence-electron chi connectivity index (χ4n) is 7.14. The smallest absolute Gasteiger partial charge is 0.137 e. The van der Waals surface area contributed by atoms with E-state index in [1.165, 1.54) is 87.9 Å². The maximum atomic E-state index is 4.92. The van der Waals surface area contributed by atoms with Gasteiger partial charge in [-0.25, -0.2) is 4.98 Å². The van der Waals surface area contributed by atoms with Crippen molar-refractivity contribution in [2.75, 3.05) is 31.1 Å². The molecular weight excluding hydrogens is 468 g/mol. The first-order valence-electron chi connectivity index (χ1n) is 14.6. The second-order valence-corrected chi connectivity index (χ2v) is 12.4. The van der Waals surface area contributed by atoms with E-state index in [2.05, 4.69) is 74.4 Å². The molecule has 1 saturated carbocycles. The molecule has 0 atom stereocenters. The van der Waals surface area contributed by atoms with Crippen molar-refractivity contribution in [2.45, 2.75) is 65.0 Å².